The van der Waals surface area contributed by atoms with E-state index < -0.39 is 0 Å². The molecule has 0 bridgehead atoms. The molecule has 6 nitrogen and oxygen atoms in total. The van der Waals surface area contributed by atoms with Crippen LogP contribution in [0, 0.1) is 6.92 Å². The summed E-state index contributed by atoms with van der Waals surface area (Å²) >= 11 is 0. The van der Waals surface area contributed by atoms with Crippen LogP contribution in [0.15, 0.2) is 41.5 Å². The summed E-state index contributed by atoms with van der Waals surface area (Å²) in [4.78, 5) is 27.4. The highest BCUT2D eigenvalue weighted by molar-refractivity contribution is 5.82. The lowest BCUT2D eigenvalue weighted by Crippen LogP contribution is -2.33. The molecule has 0 aliphatic rings. The first kappa shape index (κ1) is 14.9. The Balaban J connectivity index is 2.16. The Labute approximate surface area is 122 Å². The highest BCUT2D eigenvalue weighted by atomic mass is 16.2. The van der Waals surface area contributed by atoms with Crippen LogP contribution >= 0.6 is 0 Å². The number of amides is 1. The van der Waals surface area contributed by atoms with Gasteiger partial charge in [0.15, 0.2) is 0 Å². The number of hydrazine groups is 1. The average molecular weight is 286 g/mol. The molecular weight excluding hydrogens is 268 g/mol. The predicted octanol–water partition coefficient (Wildman–Crippen LogP) is 0.693. The molecule has 0 saturated heterocycles. The van der Waals surface area contributed by atoms with Crippen molar-refractivity contribution >= 4 is 5.91 Å². The van der Waals surface area contributed by atoms with Crippen molar-refractivity contribution in [2.45, 2.75) is 26.3 Å². The molecule has 1 unspecified atom stereocenters. The predicted molar refractivity (Wildman–Crippen MR) is 79.5 cm³/mol. The van der Waals surface area contributed by atoms with Gasteiger partial charge in [-0.05, 0) is 25.0 Å². The van der Waals surface area contributed by atoms with Gasteiger partial charge in [0, 0.05) is 11.8 Å². The smallest absolute Gasteiger partial charge is 0.253 e. The van der Waals surface area contributed by atoms with E-state index in [1.807, 2.05) is 24.3 Å². The molecule has 1 aromatic heterocycles. The highest BCUT2D eigenvalue weighted by Gasteiger charge is 2.13. The van der Waals surface area contributed by atoms with Crippen LogP contribution in [0.2, 0.25) is 0 Å². The number of carbonyl (C=O) groups is 1. The van der Waals surface area contributed by atoms with Crippen molar-refractivity contribution in [3.05, 3.63) is 63.8 Å². The molecule has 1 heterocycles. The van der Waals surface area contributed by atoms with Crippen molar-refractivity contribution in [2.75, 3.05) is 0 Å². The number of benzene rings is 1. The van der Waals surface area contributed by atoms with E-state index in [1.165, 1.54) is 17.0 Å². The fourth-order valence-electron chi connectivity index (χ4n) is 2.02. The standard InChI is InChI=1S/C15H18N4O2/c1-10-7-14(20)19(9-17-10)8-12-3-5-13(6-4-12)11(2)15(21)18-16/h3-7,9,11H,8,16H2,1-2H3,(H,18,21). The summed E-state index contributed by atoms with van der Waals surface area (Å²) in [5.74, 6) is 4.58. The molecule has 0 aliphatic heterocycles. The van der Waals surface area contributed by atoms with Gasteiger partial charge in [-0.15, -0.1) is 0 Å². The average Bonchev–Trinajstić information content (AvgIpc) is 2.49. The van der Waals surface area contributed by atoms with E-state index in [4.69, 9.17) is 5.84 Å². The van der Waals surface area contributed by atoms with Gasteiger partial charge in [0.25, 0.3) is 5.56 Å². The van der Waals surface area contributed by atoms with Gasteiger partial charge < -0.3 is 0 Å². The zero-order valence-electron chi connectivity index (χ0n) is 12.0. The van der Waals surface area contributed by atoms with Gasteiger partial charge in [-0.3, -0.25) is 19.6 Å². The number of hydrogen-bond donors (Lipinski definition) is 2. The van der Waals surface area contributed by atoms with Crippen LogP contribution in [0.1, 0.15) is 29.7 Å². The van der Waals surface area contributed by atoms with Crippen LogP contribution in [0.25, 0.3) is 0 Å². The second-order valence-electron chi connectivity index (χ2n) is 4.97. The van der Waals surface area contributed by atoms with Crippen molar-refractivity contribution in [1.82, 2.24) is 15.0 Å². The summed E-state index contributed by atoms with van der Waals surface area (Å²) in [6, 6.07) is 9.01. The summed E-state index contributed by atoms with van der Waals surface area (Å²) in [5.41, 5.74) is 4.59. The lowest BCUT2D eigenvalue weighted by molar-refractivity contribution is -0.122. The summed E-state index contributed by atoms with van der Waals surface area (Å²) in [7, 11) is 0. The fourth-order valence-corrected chi connectivity index (χ4v) is 2.02. The molecular formula is C15H18N4O2. The largest absolute Gasteiger partial charge is 0.295 e. The Morgan fingerprint density at radius 3 is 2.62 bits per heavy atom. The SMILES string of the molecule is Cc1cc(=O)n(Cc2ccc(C(C)C(=O)NN)cc2)cn1. The van der Waals surface area contributed by atoms with Gasteiger partial charge >= 0.3 is 0 Å². The van der Waals surface area contributed by atoms with Crippen molar-refractivity contribution in [3.63, 3.8) is 0 Å². The number of aryl methyl sites for hydroxylation is 1. The minimum absolute atomic E-state index is 0.0811. The summed E-state index contributed by atoms with van der Waals surface area (Å²) in [5, 5.41) is 0. The Hall–Kier alpha value is -2.47. The molecule has 0 saturated carbocycles. The number of nitrogens with one attached hydrogen (secondary N) is 1. The second-order valence-corrected chi connectivity index (χ2v) is 4.97. The van der Waals surface area contributed by atoms with Gasteiger partial charge in [0.1, 0.15) is 0 Å². The molecule has 1 atom stereocenters. The van der Waals surface area contributed by atoms with Crippen LogP contribution < -0.4 is 16.8 Å². The molecule has 0 fully saturated rings. The van der Waals surface area contributed by atoms with Crippen LogP contribution in [0.3, 0.4) is 0 Å². The van der Waals surface area contributed by atoms with E-state index in [-0.39, 0.29) is 17.4 Å². The molecule has 110 valence electrons. The summed E-state index contributed by atoms with van der Waals surface area (Å²) in [6.07, 6.45) is 1.54. The van der Waals surface area contributed by atoms with E-state index in [1.54, 1.807) is 13.8 Å². The Bertz CT molecular complexity index is 692. The molecule has 21 heavy (non-hydrogen) atoms. The molecule has 1 aromatic carbocycles. The number of carbonyl (C=O) groups excluding carboxylic acids is 1. The van der Waals surface area contributed by atoms with E-state index in [0.717, 1.165) is 11.1 Å². The second kappa shape index (κ2) is 6.32. The monoisotopic (exact) mass is 286 g/mol. The van der Waals surface area contributed by atoms with Gasteiger partial charge in [-0.1, -0.05) is 24.3 Å². The number of nitrogens with two attached hydrogens (primary N) is 1. The van der Waals surface area contributed by atoms with Crippen molar-refractivity contribution in [2.24, 2.45) is 5.84 Å². The first-order chi connectivity index (χ1) is 10.0. The van der Waals surface area contributed by atoms with Gasteiger partial charge in [0.2, 0.25) is 5.91 Å². The minimum Gasteiger partial charge on any atom is -0.295 e. The number of aromatic nitrogens is 2. The van der Waals surface area contributed by atoms with Crippen molar-refractivity contribution in [1.29, 1.82) is 0 Å². The van der Waals surface area contributed by atoms with Crippen LogP contribution in [-0.2, 0) is 11.3 Å². The first-order valence-corrected chi connectivity index (χ1v) is 6.63. The van der Waals surface area contributed by atoms with E-state index in [2.05, 4.69) is 10.4 Å². The normalized spacial score (nSPS) is 12.0. The molecule has 0 radical (unpaired) electrons. The number of nitrogens with zero attached hydrogens (tertiary/aromatic N) is 2. The fraction of sp³-hybridized carbons (Fsp3) is 0.267. The zero-order chi connectivity index (χ0) is 15.4. The third-order valence-corrected chi connectivity index (χ3v) is 3.38. The molecule has 3 N–H and O–H groups in total. The Morgan fingerprint density at radius 2 is 2.05 bits per heavy atom. The summed E-state index contributed by atoms with van der Waals surface area (Å²) in [6.45, 7) is 4.01. The third-order valence-electron chi connectivity index (χ3n) is 3.38. The van der Waals surface area contributed by atoms with E-state index in [0.29, 0.717) is 12.2 Å². The van der Waals surface area contributed by atoms with Crippen LogP contribution in [0.4, 0.5) is 0 Å². The molecule has 0 spiro atoms. The zero-order valence-corrected chi connectivity index (χ0v) is 12.0. The van der Waals surface area contributed by atoms with E-state index >= 15 is 0 Å². The molecule has 1 amide bonds. The molecule has 2 rings (SSSR count). The maximum atomic E-state index is 11.8. The Kier molecular flexibility index (Phi) is 4.49. The van der Waals surface area contributed by atoms with Gasteiger partial charge in [-0.2, -0.15) is 0 Å². The molecule has 6 heteroatoms. The van der Waals surface area contributed by atoms with Crippen LogP contribution in [-0.4, -0.2) is 15.5 Å². The molecule has 0 aliphatic carbocycles. The lowest BCUT2D eigenvalue weighted by Gasteiger charge is -2.11. The maximum absolute atomic E-state index is 11.8. The topological polar surface area (TPSA) is 90.0 Å². The van der Waals surface area contributed by atoms with Crippen LogP contribution in [0.5, 0.6) is 0 Å². The lowest BCUT2D eigenvalue weighted by atomic mass is 9.99. The maximum Gasteiger partial charge on any atom is 0.253 e. The van der Waals surface area contributed by atoms with Gasteiger partial charge in [0.05, 0.1) is 18.8 Å². The molecule has 2 aromatic rings. The Morgan fingerprint density at radius 1 is 1.38 bits per heavy atom. The quantitative estimate of drug-likeness (QED) is 0.491. The third kappa shape index (κ3) is 3.55. The van der Waals surface area contributed by atoms with Crippen molar-refractivity contribution in [3.8, 4) is 0 Å². The first-order valence-electron chi connectivity index (χ1n) is 6.63. The number of rotatable bonds is 4. The minimum atomic E-state index is -0.312. The highest BCUT2D eigenvalue weighted by Crippen LogP contribution is 2.16. The number of hydrogen-bond acceptors (Lipinski definition) is 4. The van der Waals surface area contributed by atoms with Gasteiger partial charge in [-0.25, -0.2) is 10.8 Å². The summed E-state index contributed by atoms with van der Waals surface area (Å²) < 4.78 is 1.54. The van der Waals surface area contributed by atoms with Crippen molar-refractivity contribution < 1.29 is 4.79 Å². The van der Waals surface area contributed by atoms with E-state index in [9.17, 15) is 9.59 Å².